The Morgan fingerprint density at radius 2 is 1.95 bits per heavy atom. The van der Waals surface area contributed by atoms with Crippen molar-refractivity contribution in [2.24, 2.45) is 0 Å². The van der Waals surface area contributed by atoms with E-state index in [1.807, 2.05) is 24.3 Å². The molecule has 21 heavy (non-hydrogen) atoms. The zero-order valence-corrected chi connectivity index (χ0v) is 12.0. The van der Waals surface area contributed by atoms with Gasteiger partial charge < -0.3 is 15.3 Å². The molecule has 0 saturated heterocycles. The van der Waals surface area contributed by atoms with E-state index in [1.165, 1.54) is 18.7 Å². The first-order chi connectivity index (χ1) is 9.90. The number of aliphatic carboxylic acids is 1. The van der Waals surface area contributed by atoms with Crippen LogP contribution in [0.3, 0.4) is 0 Å². The van der Waals surface area contributed by atoms with Gasteiger partial charge >= 0.3 is 5.97 Å². The Bertz CT molecular complexity index is 585. The maximum absolute atomic E-state index is 12.5. The van der Waals surface area contributed by atoms with Crippen molar-refractivity contribution in [2.45, 2.75) is 38.9 Å². The molecule has 1 heterocycles. The van der Waals surface area contributed by atoms with Crippen molar-refractivity contribution in [1.82, 2.24) is 10.2 Å². The second kappa shape index (κ2) is 5.95. The molecule has 0 spiro atoms. The minimum absolute atomic E-state index is 0.235. The molecular weight excluding hydrogens is 272 g/mol. The average molecular weight is 290 g/mol. The van der Waals surface area contributed by atoms with Crippen molar-refractivity contribution in [2.75, 3.05) is 0 Å². The quantitative estimate of drug-likeness (QED) is 0.851. The molecule has 6 heteroatoms. The smallest absolute Gasteiger partial charge is 0.326 e. The van der Waals surface area contributed by atoms with Crippen LogP contribution >= 0.6 is 0 Å². The summed E-state index contributed by atoms with van der Waals surface area (Å²) in [4.78, 5) is 36.4. The first kappa shape index (κ1) is 15.0. The lowest BCUT2D eigenvalue weighted by molar-refractivity contribution is -0.151. The van der Waals surface area contributed by atoms with Crippen molar-refractivity contribution in [3.05, 3.63) is 35.4 Å². The lowest BCUT2D eigenvalue weighted by atomic mass is 10.0. The van der Waals surface area contributed by atoms with E-state index < -0.39 is 18.1 Å². The second-order valence-corrected chi connectivity index (χ2v) is 5.21. The lowest BCUT2D eigenvalue weighted by Crippen LogP contribution is -2.51. The first-order valence-corrected chi connectivity index (χ1v) is 6.77. The number of carbonyl (C=O) groups is 3. The third-order valence-electron chi connectivity index (χ3n) is 3.67. The van der Waals surface area contributed by atoms with Crippen LogP contribution in [0.25, 0.3) is 0 Å². The molecule has 2 amide bonds. The highest BCUT2D eigenvalue weighted by molar-refractivity contribution is 5.90. The van der Waals surface area contributed by atoms with E-state index in [1.54, 1.807) is 0 Å². The number of benzene rings is 1. The van der Waals surface area contributed by atoms with E-state index in [2.05, 4.69) is 5.32 Å². The molecule has 2 atom stereocenters. The van der Waals surface area contributed by atoms with Gasteiger partial charge in [-0.3, -0.25) is 9.59 Å². The second-order valence-electron chi connectivity index (χ2n) is 5.21. The third-order valence-corrected chi connectivity index (χ3v) is 3.67. The van der Waals surface area contributed by atoms with E-state index in [0.717, 1.165) is 11.1 Å². The van der Waals surface area contributed by atoms with Crippen LogP contribution in [-0.4, -0.2) is 39.9 Å². The van der Waals surface area contributed by atoms with Gasteiger partial charge in [-0.25, -0.2) is 4.79 Å². The van der Waals surface area contributed by atoms with Crippen LogP contribution in [-0.2, 0) is 27.3 Å². The normalized spacial score (nSPS) is 19.4. The average Bonchev–Trinajstić information content (AvgIpc) is 2.55. The van der Waals surface area contributed by atoms with Crippen molar-refractivity contribution >= 4 is 17.8 Å². The predicted octanol–water partition coefficient (Wildman–Crippen LogP) is 0.549. The van der Waals surface area contributed by atoms with Crippen LogP contribution in [0.1, 0.15) is 25.0 Å². The molecule has 0 saturated carbocycles. The van der Waals surface area contributed by atoms with Crippen LogP contribution in [0.2, 0.25) is 0 Å². The summed E-state index contributed by atoms with van der Waals surface area (Å²) in [6, 6.07) is 5.82. The fourth-order valence-corrected chi connectivity index (χ4v) is 2.50. The first-order valence-electron chi connectivity index (χ1n) is 6.77. The lowest BCUT2D eigenvalue weighted by Gasteiger charge is -2.28. The number of fused-ring (bicyclic) bond motifs is 1. The molecule has 0 fully saturated rings. The Kier molecular flexibility index (Phi) is 4.26. The highest BCUT2D eigenvalue weighted by Crippen LogP contribution is 2.21. The number of carboxylic acids is 1. The van der Waals surface area contributed by atoms with Gasteiger partial charge in [-0.2, -0.15) is 0 Å². The molecule has 0 aromatic heterocycles. The molecule has 0 aliphatic carbocycles. The summed E-state index contributed by atoms with van der Waals surface area (Å²) in [5, 5.41) is 11.8. The van der Waals surface area contributed by atoms with Gasteiger partial charge in [-0.1, -0.05) is 24.3 Å². The van der Waals surface area contributed by atoms with Gasteiger partial charge in [0.15, 0.2) is 0 Å². The van der Waals surface area contributed by atoms with Crippen LogP contribution in [0.4, 0.5) is 0 Å². The summed E-state index contributed by atoms with van der Waals surface area (Å²) in [7, 11) is 0. The molecule has 6 nitrogen and oxygen atoms in total. The maximum Gasteiger partial charge on any atom is 0.326 e. The summed E-state index contributed by atoms with van der Waals surface area (Å²) < 4.78 is 0. The molecule has 1 aliphatic rings. The molecule has 1 aliphatic heterocycles. The van der Waals surface area contributed by atoms with E-state index in [4.69, 9.17) is 0 Å². The summed E-state index contributed by atoms with van der Waals surface area (Å²) in [6.07, 6.45) is 0.372. The number of hydrogen-bond donors (Lipinski definition) is 2. The van der Waals surface area contributed by atoms with Gasteiger partial charge in [-0.05, 0) is 18.1 Å². The minimum atomic E-state index is -1.07. The standard InChI is InChI=1S/C15H18N2O4/c1-9(15(20)21)17-8-12-6-4-3-5-11(12)7-13(14(17)19)16-10(2)18/h3-6,9,13H,7-8H2,1-2H3,(H,16,18)(H,20,21)/t9-,13+/m1/s1. The summed E-state index contributed by atoms with van der Waals surface area (Å²) in [5.41, 5.74) is 1.86. The van der Waals surface area contributed by atoms with Gasteiger partial charge in [0.05, 0.1) is 0 Å². The summed E-state index contributed by atoms with van der Waals surface area (Å²) >= 11 is 0. The van der Waals surface area contributed by atoms with Crippen molar-refractivity contribution < 1.29 is 19.5 Å². The van der Waals surface area contributed by atoms with Crippen LogP contribution < -0.4 is 5.32 Å². The Balaban J connectivity index is 2.40. The number of amides is 2. The van der Waals surface area contributed by atoms with Crippen molar-refractivity contribution in [3.63, 3.8) is 0 Å². The van der Waals surface area contributed by atoms with E-state index >= 15 is 0 Å². The van der Waals surface area contributed by atoms with E-state index in [-0.39, 0.29) is 18.4 Å². The van der Waals surface area contributed by atoms with E-state index in [9.17, 15) is 19.5 Å². The predicted molar refractivity (Wildman–Crippen MR) is 75.4 cm³/mol. The Labute approximate surface area is 122 Å². The molecular formula is C15H18N2O4. The largest absolute Gasteiger partial charge is 0.480 e. The van der Waals surface area contributed by atoms with Gasteiger partial charge in [0.2, 0.25) is 11.8 Å². The van der Waals surface area contributed by atoms with Crippen LogP contribution in [0.15, 0.2) is 24.3 Å². The van der Waals surface area contributed by atoms with Gasteiger partial charge in [0, 0.05) is 19.9 Å². The Hall–Kier alpha value is -2.37. The monoisotopic (exact) mass is 290 g/mol. The molecule has 2 rings (SSSR count). The maximum atomic E-state index is 12.5. The molecule has 2 N–H and O–H groups in total. The topological polar surface area (TPSA) is 86.7 Å². The highest BCUT2D eigenvalue weighted by atomic mass is 16.4. The third kappa shape index (κ3) is 3.21. The number of carboxylic acid groups (broad SMARTS) is 1. The fourth-order valence-electron chi connectivity index (χ4n) is 2.50. The fraction of sp³-hybridized carbons (Fsp3) is 0.400. The zero-order valence-electron chi connectivity index (χ0n) is 12.0. The summed E-state index contributed by atoms with van der Waals surface area (Å²) in [5.74, 6) is -1.74. The molecule has 1 aromatic carbocycles. The Morgan fingerprint density at radius 3 is 2.52 bits per heavy atom. The number of hydrogen-bond acceptors (Lipinski definition) is 3. The SMILES string of the molecule is CC(=O)N[C@H]1Cc2ccccc2CN([C@H](C)C(=O)O)C1=O. The van der Waals surface area contributed by atoms with Gasteiger partial charge in [0.25, 0.3) is 0 Å². The van der Waals surface area contributed by atoms with Crippen LogP contribution in [0.5, 0.6) is 0 Å². The number of nitrogens with zero attached hydrogens (tertiary/aromatic N) is 1. The zero-order chi connectivity index (χ0) is 15.6. The van der Waals surface area contributed by atoms with Crippen molar-refractivity contribution in [3.8, 4) is 0 Å². The Morgan fingerprint density at radius 1 is 1.33 bits per heavy atom. The van der Waals surface area contributed by atoms with Gasteiger partial charge in [-0.15, -0.1) is 0 Å². The molecule has 0 bridgehead atoms. The number of rotatable bonds is 3. The van der Waals surface area contributed by atoms with Gasteiger partial charge in [0.1, 0.15) is 12.1 Å². The molecule has 0 radical (unpaired) electrons. The van der Waals surface area contributed by atoms with Crippen molar-refractivity contribution in [1.29, 1.82) is 0 Å². The molecule has 0 unspecified atom stereocenters. The highest BCUT2D eigenvalue weighted by Gasteiger charge is 2.34. The van der Waals surface area contributed by atoms with Crippen LogP contribution in [0, 0.1) is 0 Å². The molecule has 1 aromatic rings. The number of carbonyl (C=O) groups excluding carboxylic acids is 2. The van der Waals surface area contributed by atoms with E-state index in [0.29, 0.717) is 6.42 Å². The minimum Gasteiger partial charge on any atom is -0.480 e. The number of nitrogens with one attached hydrogen (secondary N) is 1. The molecule has 112 valence electrons. The summed E-state index contributed by atoms with van der Waals surface area (Å²) in [6.45, 7) is 3.05.